The third kappa shape index (κ3) is 34.5. The summed E-state index contributed by atoms with van der Waals surface area (Å²) in [7, 11) is 0. The highest BCUT2D eigenvalue weighted by molar-refractivity contribution is 6.31. The Morgan fingerprint density at radius 2 is 0.620 bits per heavy atom. The number of ether oxygens (including phenoxy) is 1. The molecule has 0 saturated carbocycles. The lowest BCUT2D eigenvalue weighted by atomic mass is 9.94. The minimum absolute atomic E-state index is 0.0266. The number of hydrogen-bond acceptors (Lipinski definition) is 9. The van der Waals surface area contributed by atoms with Gasteiger partial charge >= 0.3 is 12.5 Å². The van der Waals surface area contributed by atoms with Crippen LogP contribution in [0, 0.1) is 95.8 Å². The molecule has 600 valence electrons. The van der Waals surface area contributed by atoms with Gasteiger partial charge in [-0.2, -0.15) is 13.2 Å². The van der Waals surface area contributed by atoms with E-state index in [4.69, 9.17) is 75.7 Å². The predicted octanol–water partition coefficient (Wildman–Crippen LogP) is 20.6. The van der Waals surface area contributed by atoms with Gasteiger partial charge in [-0.3, -0.25) is 0 Å². The van der Waals surface area contributed by atoms with Gasteiger partial charge in [-0.05, 0) is 379 Å². The van der Waals surface area contributed by atoms with Gasteiger partial charge in [-0.25, -0.2) is 4.39 Å². The normalized spacial score (nSPS) is 10.8. The van der Waals surface area contributed by atoms with Crippen molar-refractivity contribution in [2.75, 3.05) is 52.9 Å². The maximum atomic E-state index is 12.8. The first-order valence-corrected chi connectivity index (χ1v) is 38.1. The molecule has 8 aromatic carbocycles. The van der Waals surface area contributed by atoms with Crippen molar-refractivity contribution in [3.8, 4) is 5.75 Å². The molecule has 0 saturated heterocycles. The molecule has 0 aromatic heterocycles. The number of benzene rings is 8. The van der Waals surface area contributed by atoms with Gasteiger partial charge in [-0.1, -0.05) is 105 Å². The highest BCUT2D eigenvalue weighted by Gasteiger charge is 2.32. The van der Waals surface area contributed by atoms with Crippen LogP contribution in [0.25, 0.3) is 0 Å². The average molecular weight is 1570 g/mol. The third-order valence-corrected chi connectivity index (χ3v) is 19.4. The van der Waals surface area contributed by atoms with Crippen molar-refractivity contribution in [1.29, 1.82) is 0 Å². The zero-order chi connectivity index (χ0) is 82.3. The monoisotopic (exact) mass is 1570 g/mol. The van der Waals surface area contributed by atoms with Crippen molar-refractivity contribution >= 4 is 34.8 Å². The van der Waals surface area contributed by atoms with E-state index in [-0.39, 0.29) is 64.4 Å². The fraction of sp³-hybridized carbons (Fsp3) is 0.461. The lowest BCUT2D eigenvalue weighted by molar-refractivity contribution is -0.274. The second kappa shape index (κ2) is 51.2. The molecule has 0 unspecified atom stereocenters. The second-order valence-corrected chi connectivity index (χ2v) is 28.0. The fourth-order valence-corrected chi connectivity index (χ4v) is 14.0. The van der Waals surface area contributed by atoms with Crippen LogP contribution in [0.1, 0.15) is 185 Å². The van der Waals surface area contributed by atoms with Crippen LogP contribution < -0.4 is 4.74 Å². The van der Waals surface area contributed by atoms with Crippen LogP contribution in [0.2, 0.25) is 15.1 Å². The minimum atomic E-state index is -4.67. The van der Waals surface area contributed by atoms with Crippen LogP contribution in [-0.2, 0) is 89.6 Å². The quantitative estimate of drug-likeness (QED) is 0.0308. The molecule has 0 radical (unpaired) electrons. The van der Waals surface area contributed by atoms with E-state index in [1.807, 2.05) is 77.9 Å². The number of hydrogen-bond donors (Lipinski definition) is 8. The van der Waals surface area contributed by atoms with E-state index >= 15 is 0 Å². The number of alkyl halides is 6. The molecule has 9 nitrogen and oxygen atoms in total. The summed E-state index contributed by atoms with van der Waals surface area (Å²) in [6.07, 6.45) is 1.36. The largest absolute Gasteiger partial charge is 0.573 e. The topological polar surface area (TPSA) is 171 Å². The predicted molar refractivity (Wildman–Crippen MR) is 433 cm³/mol. The van der Waals surface area contributed by atoms with Crippen molar-refractivity contribution < 1.29 is 76.3 Å². The first-order chi connectivity index (χ1) is 50.8. The van der Waals surface area contributed by atoms with E-state index in [2.05, 4.69) is 84.4 Å². The maximum absolute atomic E-state index is 12.8. The summed E-state index contributed by atoms with van der Waals surface area (Å²) in [6.45, 7) is 36.7. The molecule has 8 rings (SSSR count). The Kier molecular flexibility index (Phi) is 47.3. The molecule has 0 atom stereocenters. The third-order valence-electron chi connectivity index (χ3n) is 18.6. The molecule has 0 aliphatic rings. The van der Waals surface area contributed by atoms with Crippen LogP contribution in [0.4, 0.5) is 30.7 Å². The average Bonchev–Trinajstić information content (AvgIpc) is 0.868. The van der Waals surface area contributed by atoms with Crippen LogP contribution in [0.15, 0.2) is 97.1 Å². The number of rotatable bonds is 22. The van der Waals surface area contributed by atoms with Crippen molar-refractivity contribution in [2.24, 2.45) is 0 Å². The molecule has 0 heterocycles. The van der Waals surface area contributed by atoms with E-state index in [1.54, 1.807) is 27.7 Å². The Balaban J connectivity index is 0.000000618. The molecule has 0 spiro atoms. The van der Waals surface area contributed by atoms with Crippen LogP contribution in [0.5, 0.6) is 5.75 Å². The maximum Gasteiger partial charge on any atom is 0.573 e. The van der Waals surface area contributed by atoms with E-state index in [0.717, 1.165) is 129 Å². The smallest absolute Gasteiger partial charge is 0.406 e. The highest BCUT2D eigenvalue weighted by atomic mass is 35.5. The molecule has 19 heteroatoms. The Hall–Kier alpha value is -6.38. The number of halogens is 10. The van der Waals surface area contributed by atoms with E-state index < -0.39 is 18.1 Å². The van der Waals surface area contributed by atoms with Crippen LogP contribution in [-0.4, -0.2) is 100 Å². The summed E-state index contributed by atoms with van der Waals surface area (Å²) < 4.78 is 89.8. The molecular weight excluding hydrogens is 1450 g/mol. The van der Waals surface area contributed by atoms with Crippen LogP contribution >= 0.6 is 34.8 Å². The molecule has 0 aliphatic carbocycles. The van der Waals surface area contributed by atoms with Gasteiger partial charge in [0.05, 0.1) is 5.56 Å². The van der Waals surface area contributed by atoms with Gasteiger partial charge in [0.15, 0.2) is 0 Å². The summed E-state index contributed by atoms with van der Waals surface area (Å²) >= 11 is 17.8. The number of aryl methyl sites for hydroxylation is 17. The lowest BCUT2D eigenvalue weighted by Crippen LogP contribution is -2.17. The lowest BCUT2D eigenvalue weighted by Gasteiger charge is -2.13. The van der Waals surface area contributed by atoms with Gasteiger partial charge in [0.25, 0.3) is 0 Å². The zero-order valence-corrected chi connectivity index (χ0v) is 69.1. The Labute approximate surface area is 654 Å². The van der Waals surface area contributed by atoms with Gasteiger partial charge < -0.3 is 45.6 Å². The summed E-state index contributed by atoms with van der Waals surface area (Å²) in [4.78, 5) is 0. The molecule has 0 bridgehead atoms. The molecule has 0 amide bonds. The Morgan fingerprint density at radius 1 is 0.315 bits per heavy atom. The minimum Gasteiger partial charge on any atom is -0.406 e. The summed E-state index contributed by atoms with van der Waals surface area (Å²) in [5, 5.41) is 73.2. The summed E-state index contributed by atoms with van der Waals surface area (Å²) in [6, 6.07) is 28.6. The van der Waals surface area contributed by atoms with E-state index in [9.17, 15) is 30.7 Å². The zero-order valence-electron chi connectivity index (χ0n) is 66.9. The fourth-order valence-electron chi connectivity index (χ4n) is 13.2. The van der Waals surface area contributed by atoms with E-state index in [0.29, 0.717) is 47.9 Å². The standard InChI is InChI=1S/C13H20O.C12H17ClO.C12H18O.C11H13F3O2.C11H13F3O.2C10H13ClO.C10H13FO/c1-4-11-8-10(3)13(6-7-14)12(5-2)9-11;1-3-9-7-11(13)8-10(4-2)12(9)5-6-14;1-4-11-8-9(2)7-10(3)12(11)5-6-13;1-7-5-9(16-11(12,13)14)6-8(2)10(7)3-4-15;1-7-5-9(11(12,13)14)6-8(2)10(7)3-4-15;1-7-5-9(11)6-8(2)10(7)3-4-12;1-7-3-4-10(11)8(2)9(7)5-6-12;1-7-5-9(11)6-8(2)10(7)3-4-12/h8-9,14H,4-7H2,1-3H3;7-8,14H,3-6H2,1-2H3;7-8,13H,4-6H2,1-3H3;5-6,15H,3-4H2,1-2H3;5-6,15H,3-4H2,1-2H3;5-6,12H,3-4H2,1-2H3;3-4,12H,5-6H2,1-2H3;5-6,12H,3-4H2,1-2H3. The van der Waals surface area contributed by atoms with E-state index in [1.165, 1.54) is 102 Å². The second-order valence-electron chi connectivity index (χ2n) is 26.7. The highest BCUT2D eigenvalue weighted by Crippen LogP contribution is 2.33. The summed E-state index contributed by atoms with van der Waals surface area (Å²) in [5.74, 6) is -0.420. The number of aliphatic hydroxyl groups excluding tert-OH is 8. The van der Waals surface area contributed by atoms with Crippen molar-refractivity contribution in [3.05, 3.63) is 268 Å². The van der Waals surface area contributed by atoms with Gasteiger partial charge in [0.1, 0.15) is 11.6 Å². The molecule has 108 heavy (non-hydrogen) atoms. The SMILES string of the molecule is CCc1cc(C)c(CCO)c(CC)c1.CCc1cc(C)cc(C)c1CCO.CCc1cc(Cl)cc(CC)c1CCO.Cc1cc(C(F)(F)F)cc(C)c1CCO.Cc1cc(Cl)cc(C)c1CCO.Cc1cc(F)cc(C)c1CCO.Cc1cc(OC(F)(F)F)cc(C)c1CCO.Cc1ccc(Cl)c(C)c1CCO. The summed E-state index contributed by atoms with van der Waals surface area (Å²) in [5.41, 5.74) is 28.1. The van der Waals surface area contributed by atoms with Gasteiger partial charge in [0.2, 0.25) is 0 Å². The molecular formula is C89H120Cl3F7O9. The van der Waals surface area contributed by atoms with Crippen molar-refractivity contribution in [3.63, 3.8) is 0 Å². The van der Waals surface area contributed by atoms with Crippen molar-refractivity contribution in [1.82, 2.24) is 0 Å². The molecule has 0 fully saturated rings. The molecule has 8 aromatic rings. The molecule has 8 N–H and O–H groups in total. The van der Waals surface area contributed by atoms with Crippen LogP contribution in [0.3, 0.4) is 0 Å². The van der Waals surface area contributed by atoms with Gasteiger partial charge in [-0.15, -0.1) is 13.2 Å². The Morgan fingerprint density at radius 3 is 0.981 bits per heavy atom. The first-order valence-electron chi connectivity index (χ1n) is 37.0. The van der Waals surface area contributed by atoms with Gasteiger partial charge in [0, 0.05) is 67.9 Å². The van der Waals surface area contributed by atoms with Crippen molar-refractivity contribution in [2.45, 2.75) is 221 Å². The molecule has 0 aliphatic heterocycles. The Bertz CT molecular complexity index is 3840. The number of aliphatic hydroxyl groups is 8. The first kappa shape index (κ1) is 99.6.